The van der Waals surface area contributed by atoms with Crippen LogP contribution in [0.2, 0.25) is 13.1 Å². The molecule has 0 saturated heterocycles. The van der Waals surface area contributed by atoms with Gasteiger partial charge in [-0.3, -0.25) is 0 Å². The molecular weight excluding hydrogens is 519 g/mol. The summed E-state index contributed by atoms with van der Waals surface area (Å²) in [4.78, 5) is 0. The molecule has 0 aliphatic rings. The number of benzene rings is 2. The fourth-order valence-corrected chi connectivity index (χ4v) is 3.30. The van der Waals surface area contributed by atoms with Gasteiger partial charge < -0.3 is 0 Å². The Labute approximate surface area is 192 Å². The Bertz CT molecular complexity index is 774. The number of fused-ring (bicyclic) bond motifs is 2. The molecule has 4 aromatic rings. The van der Waals surface area contributed by atoms with Crippen LogP contribution in [-0.4, -0.2) is 9.52 Å². The van der Waals surface area contributed by atoms with E-state index in [4.69, 9.17) is 0 Å². The van der Waals surface area contributed by atoms with Gasteiger partial charge in [0.2, 0.25) is 0 Å². The quantitative estimate of drug-likeness (QED) is 0.181. The van der Waals surface area contributed by atoms with Crippen molar-refractivity contribution in [3.05, 3.63) is 83.9 Å². The van der Waals surface area contributed by atoms with Crippen LogP contribution in [0, 0.1) is 0 Å². The van der Waals surface area contributed by atoms with Crippen LogP contribution in [0.5, 0.6) is 0 Å². The largest absolute Gasteiger partial charge is 0.165 e. The van der Waals surface area contributed by atoms with Gasteiger partial charge in [0.15, 0.2) is 0 Å². The third-order valence-corrected chi connectivity index (χ3v) is 4.43. The Morgan fingerprint density at radius 2 is 1.04 bits per heavy atom. The van der Waals surface area contributed by atoms with Crippen LogP contribution in [0.15, 0.2) is 72.8 Å². The van der Waals surface area contributed by atoms with Crippen LogP contribution in [-0.2, 0) is 38.7 Å². The van der Waals surface area contributed by atoms with Crippen molar-refractivity contribution < 1.29 is 25.8 Å². The van der Waals surface area contributed by atoms with Crippen molar-refractivity contribution in [3.63, 3.8) is 0 Å². The predicted molar refractivity (Wildman–Crippen MR) is 126 cm³/mol. The van der Waals surface area contributed by atoms with Crippen LogP contribution in [0.1, 0.15) is 37.8 Å². The average molecular weight is 552 g/mol. The summed E-state index contributed by atoms with van der Waals surface area (Å²) < 4.78 is 0. The zero-order valence-electron chi connectivity index (χ0n) is 17.8. The predicted octanol–water partition coefficient (Wildman–Crippen LogP) is 7.54. The number of hydrogen-bond acceptors (Lipinski definition) is 0. The first-order chi connectivity index (χ1) is 13.2. The van der Waals surface area contributed by atoms with Crippen LogP contribution in [0.3, 0.4) is 0 Å². The molecule has 0 spiro atoms. The van der Waals surface area contributed by atoms with Gasteiger partial charge in [-0.25, -0.2) is 0 Å². The minimum atomic E-state index is 0. The molecule has 4 rings (SSSR count). The second-order valence-corrected chi connectivity index (χ2v) is 8.22. The third-order valence-electron chi connectivity index (χ3n) is 4.43. The van der Waals surface area contributed by atoms with Crippen molar-refractivity contribution in [1.82, 2.24) is 0 Å². The van der Waals surface area contributed by atoms with Crippen LogP contribution < -0.4 is 0 Å². The zero-order chi connectivity index (χ0) is 19.5. The van der Waals surface area contributed by atoms with Gasteiger partial charge in [-0.05, 0) is 12.8 Å². The molecular formula is C26H33HfSi-2. The smallest absolute Gasteiger partial charge is 0.0213 e. The van der Waals surface area contributed by atoms with E-state index in [0.29, 0.717) is 0 Å². The fourth-order valence-electron chi connectivity index (χ4n) is 3.30. The fraction of sp³-hybridized carbons (Fsp3) is 0.308. The standard InChI is InChI=1S/2C12H13.C2H7Si.Hf/c2*1-2-5-10-8-11-6-3-4-7-12(11)9-10;1-3-2;/h2*3-4,6-9H,2,5H2,1H3;3H,1-2H3;/q2*-1;;. The van der Waals surface area contributed by atoms with Gasteiger partial charge in [0.25, 0.3) is 0 Å². The molecule has 0 bridgehead atoms. The maximum atomic E-state index is 2.29. The van der Waals surface area contributed by atoms with Gasteiger partial charge in [0.1, 0.15) is 0 Å². The molecule has 28 heavy (non-hydrogen) atoms. The van der Waals surface area contributed by atoms with Crippen LogP contribution in [0.25, 0.3) is 21.5 Å². The van der Waals surface area contributed by atoms with Crippen molar-refractivity contribution in [2.45, 2.75) is 52.6 Å². The average Bonchev–Trinajstić information content (AvgIpc) is 3.26. The van der Waals surface area contributed by atoms with Crippen molar-refractivity contribution in [1.29, 1.82) is 0 Å². The molecule has 0 nitrogen and oxygen atoms in total. The summed E-state index contributed by atoms with van der Waals surface area (Å²) in [7, 11) is 0.750. The second kappa shape index (κ2) is 13.8. The van der Waals surface area contributed by atoms with Gasteiger partial charge in [-0.15, -0.1) is 81.2 Å². The third kappa shape index (κ3) is 7.64. The van der Waals surface area contributed by atoms with Crippen molar-refractivity contribution >= 4 is 31.1 Å². The molecule has 0 saturated carbocycles. The minimum absolute atomic E-state index is 0. The Morgan fingerprint density at radius 1 is 0.679 bits per heavy atom. The van der Waals surface area contributed by atoms with E-state index in [1.165, 1.54) is 58.4 Å². The molecule has 0 aliphatic heterocycles. The Kier molecular flexibility index (Phi) is 12.3. The van der Waals surface area contributed by atoms with Crippen LogP contribution >= 0.6 is 0 Å². The molecule has 147 valence electrons. The maximum Gasteiger partial charge on any atom is 0.0213 e. The first-order valence-corrected chi connectivity index (χ1v) is 12.5. The molecule has 0 unspecified atom stereocenters. The molecule has 2 heteroatoms. The molecule has 0 aromatic heterocycles. The summed E-state index contributed by atoms with van der Waals surface area (Å²) in [6, 6.07) is 26.2. The number of rotatable bonds is 4. The molecule has 0 aliphatic carbocycles. The van der Waals surface area contributed by atoms with E-state index in [2.05, 4.69) is 99.7 Å². The maximum absolute atomic E-state index is 2.29. The van der Waals surface area contributed by atoms with Gasteiger partial charge in [-0.1, -0.05) is 51.9 Å². The zero-order valence-corrected chi connectivity index (χ0v) is 22.6. The van der Waals surface area contributed by atoms with E-state index in [-0.39, 0.29) is 25.8 Å². The topological polar surface area (TPSA) is 0 Å². The minimum Gasteiger partial charge on any atom is -0.165 e. The molecule has 4 aromatic carbocycles. The summed E-state index contributed by atoms with van der Waals surface area (Å²) in [5.41, 5.74) is 2.94. The molecule has 0 heterocycles. The summed E-state index contributed by atoms with van der Waals surface area (Å²) in [5, 5.41) is 5.50. The summed E-state index contributed by atoms with van der Waals surface area (Å²) in [6.07, 6.45) is 4.87. The summed E-state index contributed by atoms with van der Waals surface area (Å²) in [5.74, 6) is 0. The monoisotopic (exact) mass is 553 g/mol. The van der Waals surface area contributed by atoms with E-state index >= 15 is 0 Å². The second-order valence-electron chi connectivity index (χ2n) is 7.06. The van der Waals surface area contributed by atoms with E-state index in [0.717, 1.165) is 9.52 Å². The summed E-state index contributed by atoms with van der Waals surface area (Å²) >= 11 is 0. The van der Waals surface area contributed by atoms with Crippen LogP contribution in [0.4, 0.5) is 0 Å². The SMILES string of the molecule is CCCc1cc2ccccc2[cH-]1.CCCc1cc2ccccc2[cH-]1.C[SiH]C.[Hf]. The van der Waals surface area contributed by atoms with E-state index in [1.54, 1.807) is 0 Å². The van der Waals surface area contributed by atoms with Gasteiger partial charge in [-0.2, -0.15) is 12.1 Å². The summed E-state index contributed by atoms with van der Waals surface area (Å²) in [6.45, 7) is 8.86. The molecule has 0 amide bonds. The van der Waals surface area contributed by atoms with Crippen molar-refractivity contribution in [3.8, 4) is 0 Å². The van der Waals surface area contributed by atoms with E-state index < -0.39 is 0 Å². The first-order valence-electron chi connectivity index (χ1n) is 10.2. The molecule has 0 N–H and O–H groups in total. The van der Waals surface area contributed by atoms with E-state index in [9.17, 15) is 0 Å². The Balaban J connectivity index is 0.000000239. The van der Waals surface area contributed by atoms with Gasteiger partial charge in [0, 0.05) is 35.4 Å². The Hall–Kier alpha value is -1.25. The van der Waals surface area contributed by atoms with Gasteiger partial charge >= 0.3 is 0 Å². The molecule has 0 atom stereocenters. The van der Waals surface area contributed by atoms with E-state index in [1.807, 2.05) is 0 Å². The normalized spacial score (nSPS) is 9.86. The Morgan fingerprint density at radius 3 is 1.36 bits per heavy atom. The van der Waals surface area contributed by atoms with Crippen molar-refractivity contribution in [2.24, 2.45) is 0 Å². The molecule has 0 fully saturated rings. The first kappa shape index (κ1) is 24.8. The van der Waals surface area contributed by atoms with Gasteiger partial charge in [0.05, 0.1) is 0 Å². The number of hydrogen-bond donors (Lipinski definition) is 0. The number of aryl methyl sites for hydroxylation is 2. The molecule has 1 radical (unpaired) electrons. The van der Waals surface area contributed by atoms with Crippen molar-refractivity contribution in [2.75, 3.05) is 0 Å².